The maximum atomic E-state index is 11.5. The molecule has 0 heterocycles. The molecule has 0 saturated carbocycles. The average molecular weight is 296 g/mol. The Balaban J connectivity index is 2.21. The number of allylic oxidation sites excluding steroid dienone is 1. The molecule has 0 amide bonds. The lowest BCUT2D eigenvalue weighted by molar-refractivity contribution is -0.137. The maximum absolute atomic E-state index is 11.5. The van der Waals surface area contributed by atoms with E-state index in [0.717, 1.165) is 28.0 Å². The number of esters is 1. The number of carbonyl (C=O) groups is 1. The average Bonchev–Trinajstić information content (AvgIpc) is 2.55. The van der Waals surface area contributed by atoms with E-state index in [9.17, 15) is 4.79 Å². The Morgan fingerprint density at radius 2 is 1.82 bits per heavy atom. The zero-order valence-electron chi connectivity index (χ0n) is 13.1. The van der Waals surface area contributed by atoms with Crippen LogP contribution in [-0.2, 0) is 9.53 Å². The Morgan fingerprint density at radius 3 is 2.45 bits per heavy atom. The molecule has 0 N–H and O–H groups in total. The minimum Gasteiger partial charge on any atom is -0.497 e. The van der Waals surface area contributed by atoms with Crippen LogP contribution >= 0.6 is 0 Å². The van der Waals surface area contributed by atoms with Crippen molar-refractivity contribution in [3.05, 3.63) is 60.2 Å². The number of ether oxygens (including phenoxy) is 2. The third-order valence-corrected chi connectivity index (χ3v) is 3.36. The van der Waals surface area contributed by atoms with Gasteiger partial charge in [0.2, 0.25) is 0 Å². The number of hydrogen-bond donors (Lipinski definition) is 0. The molecule has 0 radical (unpaired) electrons. The van der Waals surface area contributed by atoms with Gasteiger partial charge in [-0.05, 0) is 48.2 Å². The van der Waals surface area contributed by atoms with Crippen LogP contribution in [-0.4, -0.2) is 19.7 Å². The molecule has 0 spiro atoms. The van der Waals surface area contributed by atoms with E-state index < -0.39 is 0 Å². The number of methoxy groups -OCH3 is 1. The lowest BCUT2D eigenvalue weighted by Crippen LogP contribution is -2.00. The second-order valence-corrected chi connectivity index (χ2v) is 4.89. The summed E-state index contributed by atoms with van der Waals surface area (Å²) in [5.74, 6) is 0.525. The molecule has 3 heteroatoms. The van der Waals surface area contributed by atoms with Gasteiger partial charge in [-0.15, -0.1) is 0 Å². The standard InChI is InChI=1S/C19H20O3/c1-4-22-19(20)12-14(2)15-8-10-16(11-9-15)17-6-5-7-18(13-17)21-3/h5-13H,4H2,1-3H3. The van der Waals surface area contributed by atoms with Crippen LogP contribution in [0.4, 0.5) is 0 Å². The fraction of sp³-hybridized carbons (Fsp3) is 0.211. The molecular weight excluding hydrogens is 276 g/mol. The van der Waals surface area contributed by atoms with E-state index in [-0.39, 0.29) is 5.97 Å². The Kier molecular flexibility index (Phi) is 5.37. The minimum atomic E-state index is -0.308. The summed E-state index contributed by atoms with van der Waals surface area (Å²) in [7, 11) is 1.66. The van der Waals surface area contributed by atoms with Crippen molar-refractivity contribution in [3.8, 4) is 16.9 Å². The monoisotopic (exact) mass is 296 g/mol. The third kappa shape index (κ3) is 3.98. The molecule has 2 rings (SSSR count). The number of carbonyl (C=O) groups excluding carboxylic acids is 1. The lowest BCUT2D eigenvalue weighted by atomic mass is 10.0. The number of benzene rings is 2. The molecule has 114 valence electrons. The van der Waals surface area contributed by atoms with Crippen LogP contribution in [0, 0.1) is 0 Å². The van der Waals surface area contributed by atoms with E-state index >= 15 is 0 Å². The zero-order valence-corrected chi connectivity index (χ0v) is 13.1. The van der Waals surface area contributed by atoms with Gasteiger partial charge in [0.25, 0.3) is 0 Å². The Morgan fingerprint density at radius 1 is 1.09 bits per heavy atom. The lowest BCUT2D eigenvalue weighted by Gasteiger charge is -2.07. The van der Waals surface area contributed by atoms with Crippen molar-refractivity contribution in [2.45, 2.75) is 13.8 Å². The smallest absolute Gasteiger partial charge is 0.331 e. The summed E-state index contributed by atoms with van der Waals surface area (Å²) in [4.78, 5) is 11.5. The van der Waals surface area contributed by atoms with Crippen LogP contribution in [0.2, 0.25) is 0 Å². The molecule has 0 unspecified atom stereocenters. The van der Waals surface area contributed by atoms with Gasteiger partial charge in [-0.1, -0.05) is 36.4 Å². The molecule has 0 atom stereocenters. The molecule has 0 saturated heterocycles. The summed E-state index contributed by atoms with van der Waals surface area (Å²) >= 11 is 0. The zero-order chi connectivity index (χ0) is 15.9. The van der Waals surface area contributed by atoms with Crippen molar-refractivity contribution >= 4 is 11.5 Å². The molecular formula is C19H20O3. The van der Waals surface area contributed by atoms with Crippen molar-refractivity contribution in [1.29, 1.82) is 0 Å². The largest absolute Gasteiger partial charge is 0.497 e. The van der Waals surface area contributed by atoms with Gasteiger partial charge in [-0.25, -0.2) is 4.79 Å². The van der Waals surface area contributed by atoms with Crippen LogP contribution < -0.4 is 4.74 Å². The van der Waals surface area contributed by atoms with E-state index in [4.69, 9.17) is 9.47 Å². The van der Waals surface area contributed by atoms with E-state index in [0.29, 0.717) is 6.61 Å². The normalized spacial score (nSPS) is 11.1. The van der Waals surface area contributed by atoms with Crippen molar-refractivity contribution in [3.63, 3.8) is 0 Å². The second kappa shape index (κ2) is 7.46. The quantitative estimate of drug-likeness (QED) is 0.608. The Bertz CT molecular complexity index is 669. The number of hydrogen-bond acceptors (Lipinski definition) is 3. The highest BCUT2D eigenvalue weighted by Gasteiger charge is 2.03. The molecule has 22 heavy (non-hydrogen) atoms. The molecule has 0 aliphatic carbocycles. The molecule has 0 fully saturated rings. The van der Waals surface area contributed by atoms with Crippen molar-refractivity contribution < 1.29 is 14.3 Å². The van der Waals surface area contributed by atoms with Crippen LogP contribution in [0.15, 0.2) is 54.6 Å². The first-order valence-corrected chi connectivity index (χ1v) is 7.24. The van der Waals surface area contributed by atoms with Crippen molar-refractivity contribution in [1.82, 2.24) is 0 Å². The van der Waals surface area contributed by atoms with E-state index in [1.165, 1.54) is 6.08 Å². The van der Waals surface area contributed by atoms with Crippen LogP contribution in [0.3, 0.4) is 0 Å². The summed E-state index contributed by atoms with van der Waals surface area (Å²) in [5.41, 5.74) is 4.08. The third-order valence-electron chi connectivity index (χ3n) is 3.36. The first-order chi connectivity index (χ1) is 10.6. The molecule has 2 aromatic carbocycles. The summed E-state index contributed by atoms with van der Waals surface area (Å²) < 4.78 is 10.2. The predicted octanol–water partition coefficient (Wildman–Crippen LogP) is 4.33. The van der Waals surface area contributed by atoms with Gasteiger partial charge in [-0.3, -0.25) is 0 Å². The van der Waals surface area contributed by atoms with Crippen molar-refractivity contribution in [2.75, 3.05) is 13.7 Å². The second-order valence-electron chi connectivity index (χ2n) is 4.89. The first kappa shape index (κ1) is 15.8. The fourth-order valence-corrected chi connectivity index (χ4v) is 2.17. The topological polar surface area (TPSA) is 35.5 Å². The summed E-state index contributed by atoms with van der Waals surface area (Å²) in [6.45, 7) is 4.08. The van der Waals surface area contributed by atoms with Gasteiger partial charge in [0, 0.05) is 6.08 Å². The van der Waals surface area contributed by atoms with Gasteiger partial charge in [0.05, 0.1) is 13.7 Å². The highest BCUT2D eigenvalue weighted by molar-refractivity contribution is 5.91. The molecule has 3 nitrogen and oxygen atoms in total. The van der Waals surface area contributed by atoms with Crippen LogP contribution in [0.1, 0.15) is 19.4 Å². The predicted molar refractivity (Wildman–Crippen MR) is 88.7 cm³/mol. The molecule has 0 aliphatic heterocycles. The molecule has 0 bridgehead atoms. The van der Waals surface area contributed by atoms with Gasteiger partial charge >= 0.3 is 5.97 Å². The summed E-state index contributed by atoms with van der Waals surface area (Å²) in [6.07, 6.45) is 1.52. The van der Waals surface area contributed by atoms with Gasteiger partial charge in [0.15, 0.2) is 0 Å². The van der Waals surface area contributed by atoms with Gasteiger partial charge in [-0.2, -0.15) is 0 Å². The molecule has 2 aromatic rings. The van der Waals surface area contributed by atoms with Crippen molar-refractivity contribution in [2.24, 2.45) is 0 Å². The molecule has 0 aliphatic rings. The SMILES string of the molecule is CCOC(=O)C=C(C)c1ccc(-c2cccc(OC)c2)cc1. The van der Waals surface area contributed by atoms with E-state index in [2.05, 4.69) is 0 Å². The highest BCUT2D eigenvalue weighted by atomic mass is 16.5. The minimum absolute atomic E-state index is 0.308. The summed E-state index contributed by atoms with van der Waals surface area (Å²) in [6, 6.07) is 16.0. The highest BCUT2D eigenvalue weighted by Crippen LogP contribution is 2.25. The van der Waals surface area contributed by atoms with Crippen LogP contribution in [0.5, 0.6) is 5.75 Å². The Hall–Kier alpha value is -2.55. The first-order valence-electron chi connectivity index (χ1n) is 7.24. The summed E-state index contributed by atoms with van der Waals surface area (Å²) in [5, 5.41) is 0. The Labute approximate surface area is 131 Å². The molecule has 0 aromatic heterocycles. The van der Waals surface area contributed by atoms with E-state index in [1.54, 1.807) is 14.0 Å². The van der Waals surface area contributed by atoms with Gasteiger partial charge < -0.3 is 9.47 Å². The number of rotatable bonds is 5. The maximum Gasteiger partial charge on any atom is 0.331 e. The van der Waals surface area contributed by atoms with Crippen LogP contribution in [0.25, 0.3) is 16.7 Å². The van der Waals surface area contributed by atoms with E-state index in [1.807, 2.05) is 55.5 Å². The fourth-order valence-electron chi connectivity index (χ4n) is 2.17. The van der Waals surface area contributed by atoms with Gasteiger partial charge in [0.1, 0.15) is 5.75 Å².